The number of amides is 1. The smallest absolute Gasteiger partial charge is 0.226 e. The molecule has 0 saturated heterocycles. The minimum Gasteiger partial charge on any atom is -0.361 e. The van der Waals surface area contributed by atoms with Crippen molar-refractivity contribution in [1.29, 1.82) is 0 Å². The third-order valence-corrected chi connectivity index (χ3v) is 5.09. The molecule has 0 atom stereocenters. The molecule has 134 valence electrons. The maximum absolute atomic E-state index is 12.4. The Morgan fingerprint density at radius 3 is 2.52 bits per heavy atom. The number of hydrogen-bond donors (Lipinski definition) is 2. The Hall–Kier alpha value is -2.26. The fourth-order valence-electron chi connectivity index (χ4n) is 2.09. The number of nitrogens with zero attached hydrogens (tertiary/aromatic N) is 1. The summed E-state index contributed by atoms with van der Waals surface area (Å²) in [6, 6.07) is 7.70. The summed E-state index contributed by atoms with van der Waals surface area (Å²) in [4.78, 5) is 11.6. The SMILES string of the molecule is CCCC(=O)NC(=S)Nc1ccc(S(=O)(=O)Cc2cc(C)on2)cc1. The second kappa shape index (κ2) is 8.21. The van der Waals surface area contributed by atoms with Crippen molar-refractivity contribution in [2.24, 2.45) is 0 Å². The van der Waals surface area contributed by atoms with Gasteiger partial charge in [0, 0.05) is 18.2 Å². The van der Waals surface area contributed by atoms with Crippen LogP contribution < -0.4 is 10.6 Å². The normalized spacial score (nSPS) is 11.1. The average molecular weight is 381 g/mol. The highest BCUT2D eigenvalue weighted by Crippen LogP contribution is 2.19. The summed E-state index contributed by atoms with van der Waals surface area (Å²) in [7, 11) is -3.52. The van der Waals surface area contributed by atoms with Crippen molar-refractivity contribution in [3.05, 3.63) is 41.8 Å². The lowest BCUT2D eigenvalue weighted by molar-refractivity contribution is -0.119. The molecule has 0 bridgehead atoms. The van der Waals surface area contributed by atoms with Crippen LogP contribution in [0.2, 0.25) is 0 Å². The standard InChI is InChI=1S/C16H19N3O4S2/c1-3-4-15(20)18-16(24)17-12-5-7-14(8-6-12)25(21,22)10-13-9-11(2)23-19-13/h5-9H,3-4,10H2,1-2H3,(H2,17,18,20,24). The molecule has 0 spiro atoms. The fraction of sp³-hybridized carbons (Fsp3) is 0.312. The van der Waals surface area contributed by atoms with Gasteiger partial charge >= 0.3 is 0 Å². The molecule has 25 heavy (non-hydrogen) atoms. The first-order valence-corrected chi connectivity index (χ1v) is 9.72. The van der Waals surface area contributed by atoms with Gasteiger partial charge in [0.15, 0.2) is 14.9 Å². The summed E-state index contributed by atoms with van der Waals surface area (Å²) < 4.78 is 29.6. The van der Waals surface area contributed by atoms with Crippen molar-refractivity contribution >= 4 is 38.8 Å². The number of carbonyl (C=O) groups is 1. The highest BCUT2D eigenvalue weighted by Gasteiger charge is 2.17. The second-order valence-corrected chi connectivity index (χ2v) is 7.86. The largest absolute Gasteiger partial charge is 0.361 e. The summed E-state index contributed by atoms with van der Waals surface area (Å²) in [5.41, 5.74) is 0.942. The monoisotopic (exact) mass is 381 g/mol. The van der Waals surface area contributed by atoms with Gasteiger partial charge in [0.25, 0.3) is 0 Å². The molecular formula is C16H19N3O4S2. The van der Waals surface area contributed by atoms with E-state index in [1.807, 2.05) is 6.92 Å². The number of aryl methyl sites for hydroxylation is 1. The topological polar surface area (TPSA) is 101 Å². The molecule has 1 aromatic carbocycles. The lowest BCUT2D eigenvalue weighted by atomic mass is 10.3. The molecule has 0 aliphatic rings. The number of rotatable bonds is 6. The van der Waals surface area contributed by atoms with Gasteiger partial charge in [-0.15, -0.1) is 0 Å². The molecule has 2 aromatic rings. The first kappa shape index (κ1) is 19.1. The quantitative estimate of drug-likeness (QED) is 0.742. The zero-order chi connectivity index (χ0) is 18.4. The lowest BCUT2D eigenvalue weighted by Gasteiger charge is -2.10. The summed E-state index contributed by atoms with van der Waals surface area (Å²) in [6.45, 7) is 3.60. The highest BCUT2D eigenvalue weighted by molar-refractivity contribution is 7.90. The van der Waals surface area contributed by atoms with Crippen LogP contribution in [-0.2, 0) is 20.4 Å². The van der Waals surface area contributed by atoms with E-state index in [-0.39, 0.29) is 21.7 Å². The number of hydrogen-bond acceptors (Lipinski definition) is 6. The zero-order valence-corrected chi connectivity index (χ0v) is 15.5. The predicted octanol–water partition coefficient (Wildman–Crippen LogP) is 2.57. The molecule has 1 aromatic heterocycles. The molecular weight excluding hydrogens is 362 g/mol. The van der Waals surface area contributed by atoms with Crippen molar-refractivity contribution < 1.29 is 17.7 Å². The minimum atomic E-state index is -3.52. The maximum Gasteiger partial charge on any atom is 0.226 e. The molecule has 0 saturated carbocycles. The third-order valence-electron chi connectivity index (χ3n) is 3.22. The number of benzene rings is 1. The fourth-order valence-corrected chi connectivity index (χ4v) is 3.56. The van der Waals surface area contributed by atoms with E-state index >= 15 is 0 Å². The molecule has 0 aliphatic carbocycles. The van der Waals surface area contributed by atoms with Gasteiger partial charge < -0.3 is 15.2 Å². The van der Waals surface area contributed by atoms with Gasteiger partial charge in [-0.3, -0.25) is 4.79 Å². The summed E-state index contributed by atoms with van der Waals surface area (Å²) >= 11 is 5.04. The molecule has 0 fully saturated rings. The Morgan fingerprint density at radius 2 is 1.96 bits per heavy atom. The molecule has 0 radical (unpaired) electrons. The lowest BCUT2D eigenvalue weighted by Crippen LogP contribution is -2.33. The van der Waals surface area contributed by atoms with Gasteiger partial charge in [0.05, 0.1) is 10.6 Å². The van der Waals surface area contributed by atoms with Gasteiger partial charge in [0.1, 0.15) is 11.5 Å². The Morgan fingerprint density at radius 1 is 1.28 bits per heavy atom. The van der Waals surface area contributed by atoms with Crippen LogP contribution in [0.1, 0.15) is 31.2 Å². The van der Waals surface area contributed by atoms with Crippen LogP contribution in [0.15, 0.2) is 39.8 Å². The van der Waals surface area contributed by atoms with E-state index in [2.05, 4.69) is 15.8 Å². The Balaban J connectivity index is 2.01. The number of sulfone groups is 1. The minimum absolute atomic E-state index is 0.165. The Kier molecular flexibility index (Phi) is 6.27. The van der Waals surface area contributed by atoms with Crippen molar-refractivity contribution in [2.75, 3.05) is 5.32 Å². The van der Waals surface area contributed by atoms with Crippen LogP contribution in [-0.4, -0.2) is 24.6 Å². The molecule has 0 aliphatic heterocycles. The van der Waals surface area contributed by atoms with Crippen LogP contribution in [0, 0.1) is 6.92 Å². The van der Waals surface area contributed by atoms with E-state index in [1.165, 1.54) is 12.1 Å². The van der Waals surface area contributed by atoms with Crippen molar-refractivity contribution in [3.8, 4) is 0 Å². The summed E-state index contributed by atoms with van der Waals surface area (Å²) in [6.07, 6.45) is 1.12. The van der Waals surface area contributed by atoms with Crippen LogP contribution >= 0.6 is 12.2 Å². The van der Waals surface area contributed by atoms with Crippen molar-refractivity contribution in [2.45, 2.75) is 37.3 Å². The zero-order valence-electron chi connectivity index (χ0n) is 13.9. The van der Waals surface area contributed by atoms with E-state index in [9.17, 15) is 13.2 Å². The Bertz CT molecular complexity index is 858. The average Bonchev–Trinajstić information content (AvgIpc) is 2.92. The molecule has 2 N–H and O–H groups in total. The number of anilines is 1. The second-order valence-electron chi connectivity index (χ2n) is 5.46. The van der Waals surface area contributed by atoms with Crippen LogP contribution in [0.25, 0.3) is 0 Å². The van der Waals surface area contributed by atoms with Gasteiger partial charge in [0.2, 0.25) is 5.91 Å². The van der Waals surface area contributed by atoms with E-state index in [4.69, 9.17) is 16.7 Å². The molecule has 7 nitrogen and oxygen atoms in total. The molecule has 9 heteroatoms. The summed E-state index contributed by atoms with van der Waals surface area (Å²) in [5, 5.41) is 9.27. The first-order valence-electron chi connectivity index (χ1n) is 7.66. The van der Waals surface area contributed by atoms with E-state index < -0.39 is 9.84 Å². The maximum atomic E-state index is 12.4. The third kappa shape index (κ3) is 5.64. The van der Waals surface area contributed by atoms with E-state index in [1.54, 1.807) is 25.1 Å². The molecule has 1 heterocycles. The highest BCUT2D eigenvalue weighted by atomic mass is 32.2. The van der Waals surface area contributed by atoms with E-state index in [0.29, 0.717) is 23.6 Å². The molecule has 1 amide bonds. The predicted molar refractivity (Wildman–Crippen MR) is 97.8 cm³/mol. The van der Waals surface area contributed by atoms with Crippen molar-refractivity contribution in [3.63, 3.8) is 0 Å². The van der Waals surface area contributed by atoms with Crippen LogP contribution in [0.4, 0.5) is 5.69 Å². The number of carbonyl (C=O) groups excluding carboxylic acids is 1. The van der Waals surface area contributed by atoms with Gasteiger partial charge in [-0.25, -0.2) is 8.42 Å². The molecule has 2 rings (SSSR count). The number of aromatic nitrogens is 1. The first-order chi connectivity index (χ1) is 11.8. The van der Waals surface area contributed by atoms with Gasteiger partial charge in [-0.05, 0) is 49.8 Å². The van der Waals surface area contributed by atoms with Crippen molar-refractivity contribution in [1.82, 2.24) is 10.5 Å². The van der Waals surface area contributed by atoms with Crippen LogP contribution in [0.5, 0.6) is 0 Å². The van der Waals surface area contributed by atoms with Gasteiger partial charge in [-0.1, -0.05) is 12.1 Å². The van der Waals surface area contributed by atoms with Gasteiger partial charge in [-0.2, -0.15) is 0 Å². The summed E-state index contributed by atoms with van der Waals surface area (Å²) in [5.74, 6) is 0.160. The molecule has 0 unspecified atom stereocenters. The Labute approximate surface area is 151 Å². The number of thiocarbonyl (C=S) groups is 1. The van der Waals surface area contributed by atoms with E-state index in [0.717, 1.165) is 6.42 Å². The van der Waals surface area contributed by atoms with Crippen LogP contribution in [0.3, 0.4) is 0 Å². The number of nitrogens with one attached hydrogen (secondary N) is 2.